The van der Waals surface area contributed by atoms with Gasteiger partial charge in [0.05, 0.1) is 25.0 Å². The van der Waals surface area contributed by atoms with E-state index in [4.69, 9.17) is 9.47 Å². The van der Waals surface area contributed by atoms with E-state index in [-0.39, 0.29) is 5.91 Å². The number of rotatable bonds is 7. The van der Waals surface area contributed by atoms with Crippen LogP contribution in [-0.4, -0.2) is 89.4 Å². The molecule has 5 rings (SSSR count). The zero-order valence-corrected chi connectivity index (χ0v) is 19.9. The fourth-order valence-corrected chi connectivity index (χ4v) is 4.41. The number of hydrogen-bond donors (Lipinski definition) is 1. The van der Waals surface area contributed by atoms with Crippen LogP contribution in [0, 0.1) is 0 Å². The number of benzene rings is 1. The molecule has 1 saturated heterocycles. The lowest BCUT2D eigenvalue weighted by molar-refractivity contribution is 0.0594. The topological polar surface area (TPSA) is 96.5 Å². The Balaban J connectivity index is 1.40. The zero-order chi connectivity index (χ0) is 24.2. The highest BCUT2D eigenvalue weighted by Crippen LogP contribution is 2.34. The molecular formula is C26H28N6O3. The smallest absolute Gasteiger partial charge is 0.255 e. The Bertz CT molecular complexity index is 1330. The predicted octanol–water partition coefficient (Wildman–Crippen LogP) is 3.10. The Kier molecular flexibility index (Phi) is 6.69. The molecule has 4 aromatic rings. The first-order chi connectivity index (χ1) is 17.2. The lowest BCUT2D eigenvalue weighted by atomic mass is 10.0. The third-order valence-electron chi connectivity index (χ3n) is 6.38. The molecule has 0 atom stereocenters. The van der Waals surface area contributed by atoms with Crippen LogP contribution < -0.4 is 4.74 Å². The van der Waals surface area contributed by atoms with Gasteiger partial charge in [-0.05, 0) is 24.3 Å². The number of fused-ring (bicyclic) bond motifs is 1. The molecule has 0 aliphatic carbocycles. The molecule has 0 unspecified atom stereocenters. The summed E-state index contributed by atoms with van der Waals surface area (Å²) < 4.78 is 10.7. The lowest BCUT2D eigenvalue weighted by Gasteiger charge is -2.34. The molecule has 9 nitrogen and oxygen atoms in total. The van der Waals surface area contributed by atoms with E-state index >= 15 is 0 Å². The van der Waals surface area contributed by atoms with Crippen molar-refractivity contribution in [2.75, 3.05) is 53.6 Å². The van der Waals surface area contributed by atoms with Crippen molar-refractivity contribution in [3.8, 4) is 28.1 Å². The van der Waals surface area contributed by atoms with Crippen molar-refractivity contribution in [3.05, 3.63) is 60.6 Å². The number of piperazine rings is 1. The minimum Gasteiger partial charge on any atom is -0.496 e. The van der Waals surface area contributed by atoms with Crippen molar-refractivity contribution in [1.29, 1.82) is 0 Å². The SMILES string of the molecule is COCCN1CCN(C(=O)c2cncc(-c3cnc4n[nH]c(-c5ccccc5OC)c4c3)c2)CC1. The molecule has 35 heavy (non-hydrogen) atoms. The Labute approximate surface area is 203 Å². The van der Waals surface area contributed by atoms with Crippen LogP contribution in [0.5, 0.6) is 5.75 Å². The van der Waals surface area contributed by atoms with Crippen molar-refractivity contribution < 1.29 is 14.3 Å². The van der Waals surface area contributed by atoms with E-state index in [0.29, 0.717) is 30.9 Å². The molecule has 9 heteroatoms. The molecule has 1 N–H and O–H groups in total. The zero-order valence-electron chi connectivity index (χ0n) is 19.9. The quantitative estimate of drug-likeness (QED) is 0.441. The van der Waals surface area contributed by atoms with Crippen molar-refractivity contribution in [2.24, 2.45) is 0 Å². The molecule has 180 valence electrons. The van der Waals surface area contributed by atoms with E-state index in [0.717, 1.165) is 53.2 Å². The first kappa shape index (κ1) is 22.9. The minimum atomic E-state index is -0.00204. The Morgan fingerprint density at radius 2 is 1.83 bits per heavy atom. The van der Waals surface area contributed by atoms with Crippen LogP contribution in [0.4, 0.5) is 0 Å². The van der Waals surface area contributed by atoms with Crippen LogP contribution in [0.25, 0.3) is 33.4 Å². The van der Waals surface area contributed by atoms with Gasteiger partial charge in [-0.1, -0.05) is 12.1 Å². The van der Waals surface area contributed by atoms with Crippen LogP contribution in [0.2, 0.25) is 0 Å². The highest BCUT2D eigenvalue weighted by Gasteiger charge is 2.22. The van der Waals surface area contributed by atoms with E-state index < -0.39 is 0 Å². The fraction of sp³-hybridized carbons (Fsp3) is 0.308. The van der Waals surface area contributed by atoms with Gasteiger partial charge in [0.25, 0.3) is 5.91 Å². The molecule has 0 spiro atoms. The number of amides is 1. The highest BCUT2D eigenvalue weighted by atomic mass is 16.5. The maximum atomic E-state index is 13.2. The van der Waals surface area contributed by atoms with E-state index in [1.165, 1.54) is 0 Å². The number of hydrogen-bond acceptors (Lipinski definition) is 7. The van der Waals surface area contributed by atoms with Crippen molar-refractivity contribution in [1.82, 2.24) is 30.0 Å². The number of pyridine rings is 2. The normalized spacial score (nSPS) is 14.4. The molecule has 0 bridgehead atoms. The molecule has 1 aromatic carbocycles. The number of nitrogens with one attached hydrogen (secondary N) is 1. The summed E-state index contributed by atoms with van der Waals surface area (Å²) in [5.41, 5.74) is 4.62. The molecule has 3 aromatic heterocycles. The molecule has 0 radical (unpaired) electrons. The van der Waals surface area contributed by atoms with Gasteiger partial charge in [0.1, 0.15) is 5.75 Å². The molecule has 1 amide bonds. The van der Waals surface area contributed by atoms with E-state index in [1.807, 2.05) is 41.3 Å². The highest BCUT2D eigenvalue weighted by molar-refractivity contribution is 5.97. The van der Waals surface area contributed by atoms with E-state index in [9.17, 15) is 4.79 Å². The van der Waals surface area contributed by atoms with Crippen LogP contribution >= 0.6 is 0 Å². The molecule has 1 aliphatic heterocycles. The summed E-state index contributed by atoms with van der Waals surface area (Å²) in [6, 6.07) is 11.7. The van der Waals surface area contributed by atoms with Gasteiger partial charge in [0.15, 0.2) is 5.65 Å². The van der Waals surface area contributed by atoms with Gasteiger partial charge in [-0.2, -0.15) is 5.10 Å². The van der Waals surface area contributed by atoms with Gasteiger partial charge in [-0.3, -0.25) is 19.8 Å². The van der Waals surface area contributed by atoms with Gasteiger partial charge in [-0.25, -0.2) is 4.98 Å². The van der Waals surface area contributed by atoms with Gasteiger partial charge in [0, 0.05) is 80.5 Å². The average molecular weight is 473 g/mol. The molecular weight excluding hydrogens is 444 g/mol. The van der Waals surface area contributed by atoms with Gasteiger partial charge < -0.3 is 14.4 Å². The van der Waals surface area contributed by atoms with Gasteiger partial charge >= 0.3 is 0 Å². The maximum absolute atomic E-state index is 13.2. The Morgan fingerprint density at radius 3 is 2.63 bits per heavy atom. The molecule has 1 aliphatic rings. The van der Waals surface area contributed by atoms with E-state index in [1.54, 1.807) is 32.8 Å². The Hall–Kier alpha value is -3.82. The summed E-state index contributed by atoms with van der Waals surface area (Å²) in [7, 11) is 3.35. The third-order valence-corrected chi connectivity index (χ3v) is 6.38. The molecule has 0 saturated carbocycles. The first-order valence-corrected chi connectivity index (χ1v) is 11.6. The number of H-pyrrole nitrogens is 1. The second kappa shape index (κ2) is 10.2. The third kappa shape index (κ3) is 4.73. The first-order valence-electron chi connectivity index (χ1n) is 11.6. The standard InChI is InChI=1S/C26H28N6O3/c1-34-12-11-31-7-9-32(10-8-31)26(33)20-13-18(15-27-16-20)19-14-22-24(29-30-25(22)28-17-19)21-5-3-4-6-23(21)35-2/h3-6,13-17H,7-12H2,1-2H3,(H,28,29,30). The second-order valence-electron chi connectivity index (χ2n) is 8.48. The number of para-hydroxylation sites is 1. The van der Waals surface area contributed by atoms with Gasteiger partial charge in [0.2, 0.25) is 0 Å². The maximum Gasteiger partial charge on any atom is 0.255 e. The van der Waals surface area contributed by atoms with Crippen LogP contribution in [-0.2, 0) is 4.74 Å². The number of aromatic nitrogens is 4. The summed E-state index contributed by atoms with van der Waals surface area (Å²) >= 11 is 0. The summed E-state index contributed by atoms with van der Waals surface area (Å²) in [4.78, 5) is 26.3. The summed E-state index contributed by atoms with van der Waals surface area (Å²) in [5.74, 6) is 0.748. The monoisotopic (exact) mass is 472 g/mol. The van der Waals surface area contributed by atoms with Crippen molar-refractivity contribution in [2.45, 2.75) is 0 Å². The summed E-state index contributed by atoms with van der Waals surface area (Å²) in [6.45, 7) is 4.66. The van der Waals surface area contributed by atoms with Crippen molar-refractivity contribution >= 4 is 16.9 Å². The average Bonchev–Trinajstić information content (AvgIpc) is 3.35. The number of aromatic amines is 1. The number of nitrogens with zero attached hydrogens (tertiary/aromatic N) is 5. The van der Waals surface area contributed by atoms with Gasteiger partial charge in [-0.15, -0.1) is 0 Å². The Morgan fingerprint density at radius 1 is 1.03 bits per heavy atom. The number of carbonyl (C=O) groups excluding carboxylic acids is 1. The van der Waals surface area contributed by atoms with Crippen LogP contribution in [0.3, 0.4) is 0 Å². The van der Waals surface area contributed by atoms with Crippen LogP contribution in [0.15, 0.2) is 55.0 Å². The molecule has 4 heterocycles. The second-order valence-corrected chi connectivity index (χ2v) is 8.48. The number of ether oxygens (including phenoxy) is 2. The molecule has 1 fully saturated rings. The fourth-order valence-electron chi connectivity index (χ4n) is 4.41. The summed E-state index contributed by atoms with van der Waals surface area (Å²) in [5, 5.41) is 8.32. The predicted molar refractivity (Wildman–Crippen MR) is 133 cm³/mol. The van der Waals surface area contributed by atoms with Crippen molar-refractivity contribution in [3.63, 3.8) is 0 Å². The largest absolute Gasteiger partial charge is 0.496 e. The van der Waals surface area contributed by atoms with Crippen LogP contribution in [0.1, 0.15) is 10.4 Å². The number of methoxy groups -OCH3 is 2. The lowest BCUT2D eigenvalue weighted by Crippen LogP contribution is -2.49. The number of carbonyl (C=O) groups is 1. The van der Waals surface area contributed by atoms with E-state index in [2.05, 4.69) is 25.1 Å². The summed E-state index contributed by atoms with van der Waals surface area (Å²) in [6.07, 6.45) is 5.15. The minimum absolute atomic E-state index is 0.00204.